The molecule has 0 unspecified atom stereocenters. The van der Waals surface area contributed by atoms with Crippen LogP contribution in [0.4, 0.5) is 0 Å². The number of nitrogens with zero attached hydrogens (tertiary/aromatic N) is 5. The Morgan fingerprint density at radius 1 is 0.517 bits per heavy atom. The maximum atomic E-state index is 9.02. The first-order valence-electron chi connectivity index (χ1n) is 8.69. The summed E-state index contributed by atoms with van der Waals surface area (Å²) in [6.07, 6.45) is 0. The summed E-state index contributed by atoms with van der Waals surface area (Å²) in [6.45, 7) is 0. The quantitative estimate of drug-likeness (QED) is 0.473. The van der Waals surface area contributed by atoms with Crippen molar-refractivity contribution in [3.63, 3.8) is 0 Å². The van der Waals surface area contributed by atoms with Crippen molar-refractivity contribution in [3.05, 3.63) is 88.9 Å². The molecule has 0 aliphatic heterocycles. The van der Waals surface area contributed by atoms with Crippen molar-refractivity contribution in [3.8, 4) is 46.3 Å². The monoisotopic (exact) mass is 393 g/mol. The van der Waals surface area contributed by atoms with E-state index in [0.29, 0.717) is 33.6 Å². The van der Waals surface area contributed by atoms with Gasteiger partial charge >= 0.3 is 0 Å². The second-order valence-electron chi connectivity index (χ2n) is 6.19. The van der Waals surface area contributed by atoms with Gasteiger partial charge in [0.25, 0.3) is 0 Å². The van der Waals surface area contributed by atoms with Gasteiger partial charge in [-0.3, -0.25) is 0 Å². The highest BCUT2D eigenvalue weighted by molar-refractivity contribution is 6.30. The Balaban J connectivity index is 1.87. The maximum absolute atomic E-state index is 9.02. The molecule has 4 rings (SSSR count). The molecule has 0 fully saturated rings. The van der Waals surface area contributed by atoms with Crippen LogP contribution in [0.15, 0.2) is 72.8 Å². The molecule has 0 radical (unpaired) electrons. The first-order chi connectivity index (χ1) is 14.2. The molecule has 6 heteroatoms. The molecule has 5 nitrogen and oxygen atoms in total. The lowest BCUT2D eigenvalue weighted by Crippen LogP contribution is -2.00. The third kappa shape index (κ3) is 3.96. The van der Waals surface area contributed by atoms with Crippen LogP contribution in [0.25, 0.3) is 34.2 Å². The van der Waals surface area contributed by atoms with Crippen molar-refractivity contribution < 1.29 is 0 Å². The zero-order valence-electron chi connectivity index (χ0n) is 15.0. The molecule has 0 spiro atoms. The van der Waals surface area contributed by atoms with Gasteiger partial charge in [0.2, 0.25) is 0 Å². The number of benzene rings is 3. The Kier molecular flexibility index (Phi) is 4.99. The average molecular weight is 394 g/mol. The van der Waals surface area contributed by atoms with Crippen molar-refractivity contribution in [2.45, 2.75) is 0 Å². The van der Waals surface area contributed by atoms with E-state index in [0.717, 1.165) is 16.7 Å². The summed E-state index contributed by atoms with van der Waals surface area (Å²) in [4.78, 5) is 13.8. The largest absolute Gasteiger partial charge is 0.208 e. The fraction of sp³-hybridized carbons (Fsp3) is 0. The minimum Gasteiger partial charge on any atom is -0.208 e. The van der Waals surface area contributed by atoms with Crippen LogP contribution < -0.4 is 0 Å². The summed E-state index contributed by atoms with van der Waals surface area (Å²) in [5.74, 6) is 1.50. The fourth-order valence-electron chi connectivity index (χ4n) is 2.75. The maximum Gasteiger partial charge on any atom is 0.164 e. The van der Waals surface area contributed by atoms with E-state index in [9.17, 15) is 0 Å². The van der Waals surface area contributed by atoms with E-state index in [2.05, 4.69) is 27.1 Å². The molecule has 4 aromatic rings. The smallest absolute Gasteiger partial charge is 0.164 e. The van der Waals surface area contributed by atoms with Gasteiger partial charge in [-0.25, -0.2) is 15.0 Å². The van der Waals surface area contributed by atoms with Crippen LogP contribution in [-0.2, 0) is 0 Å². The van der Waals surface area contributed by atoms with E-state index in [1.165, 1.54) is 0 Å². The van der Waals surface area contributed by atoms with Gasteiger partial charge < -0.3 is 0 Å². The van der Waals surface area contributed by atoms with Gasteiger partial charge in [-0.2, -0.15) is 10.5 Å². The van der Waals surface area contributed by atoms with Gasteiger partial charge in [-0.05, 0) is 72.8 Å². The molecule has 0 saturated heterocycles. The zero-order valence-corrected chi connectivity index (χ0v) is 15.8. The van der Waals surface area contributed by atoms with Crippen LogP contribution in [0.2, 0.25) is 5.02 Å². The summed E-state index contributed by atoms with van der Waals surface area (Å²) in [6, 6.07) is 25.6. The predicted octanol–water partition coefficient (Wildman–Crippen LogP) is 5.27. The van der Waals surface area contributed by atoms with E-state index in [1.54, 1.807) is 36.4 Å². The molecule has 3 aromatic carbocycles. The molecule has 0 amide bonds. The number of nitriles is 2. The van der Waals surface area contributed by atoms with Crippen LogP contribution in [0, 0.1) is 22.7 Å². The second kappa shape index (κ2) is 7.90. The third-order valence-electron chi connectivity index (χ3n) is 4.28. The van der Waals surface area contributed by atoms with E-state index >= 15 is 0 Å². The first kappa shape index (κ1) is 18.3. The number of hydrogen-bond acceptors (Lipinski definition) is 5. The van der Waals surface area contributed by atoms with Crippen LogP contribution in [0.5, 0.6) is 0 Å². The Hall–Kier alpha value is -4.06. The van der Waals surface area contributed by atoms with E-state index in [4.69, 9.17) is 22.1 Å². The molecule has 1 aromatic heterocycles. The summed E-state index contributed by atoms with van der Waals surface area (Å²) in [5.41, 5.74) is 3.48. The molecule has 0 N–H and O–H groups in total. The van der Waals surface area contributed by atoms with Crippen LogP contribution >= 0.6 is 11.6 Å². The molecule has 0 aliphatic carbocycles. The van der Waals surface area contributed by atoms with Gasteiger partial charge in [-0.15, -0.1) is 0 Å². The number of rotatable bonds is 3. The lowest BCUT2D eigenvalue weighted by atomic mass is 10.1. The SMILES string of the molecule is N#Cc1ccc(-c2nc(-c3ccc(Cl)cc3)nc(-c3ccc(C#N)cc3)n2)cc1. The topological polar surface area (TPSA) is 86.2 Å². The van der Waals surface area contributed by atoms with Crippen molar-refractivity contribution in [1.29, 1.82) is 10.5 Å². The minimum absolute atomic E-state index is 0.494. The highest BCUT2D eigenvalue weighted by atomic mass is 35.5. The Labute approximate surface area is 172 Å². The average Bonchev–Trinajstić information content (AvgIpc) is 2.79. The highest BCUT2D eigenvalue weighted by Gasteiger charge is 2.12. The van der Waals surface area contributed by atoms with Gasteiger partial charge in [0.15, 0.2) is 17.5 Å². The standard InChI is InChI=1S/C23H12ClN5/c24-20-11-9-19(10-12-20)23-28-21(17-5-1-15(13-25)2-6-17)27-22(29-23)18-7-3-16(14-26)4-8-18/h1-12H. The lowest BCUT2D eigenvalue weighted by molar-refractivity contribution is 1.07. The zero-order chi connectivity index (χ0) is 20.2. The van der Waals surface area contributed by atoms with Gasteiger partial charge in [-0.1, -0.05) is 11.6 Å². The van der Waals surface area contributed by atoms with Crippen molar-refractivity contribution in [2.24, 2.45) is 0 Å². The van der Waals surface area contributed by atoms with E-state index in [-0.39, 0.29) is 0 Å². The van der Waals surface area contributed by atoms with Crippen molar-refractivity contribution in [1.82, 2.24) is 15.0 Å². The van der Waals surface area contributed by atoms with Gasteiger partial charge in [0.1, 0.15) is 0 Å². The number of hydrogen-bond donors (Lipinski definition) is 0. The van der Waals surface area contributed by atoms with E-state index < -0.39 is 0 Å². The second-order valence-corrected chi connectivity index (χ2v) is 6.63. The molecule has 1 heterocycles. The lowest BCUT2D eigenvalue weighted by Gasteiger charge is -2.08. The summed E-state index contributed by atoms with van der Waals surface area (Å²) < 4.78 is 0. The summed E-state index contributed by atoms with van der Waals surface area (Å²) >= 11 is 6.00. The van der Waals surface area contributed by atoms with Crippen LogP contribution in [0.3, 0.4) is 0 Å². The third-order valence-corrected chi connectivity index (χ3v) is 4.53. The molecular weight excluding hydrogens is 382 g/mol. The Morgan fingerprint density at radius 3 is 1.14 bits per heavy atom. The fourth-order valence-corrected chi connectivity index (χ4v) is 2.88. The Morgan fingerprint density at radius 2 is 0.828 bits per heavy atom. The van der Waals surface area contributed by atoms with Crippen molar-refractivity contribution in [2.75, 3.05) is 0 Å². The highest BCUT2D eigenvalue weighted by Crippen LogP contribution is 2.25. The molecule has 29 heavy (non-hydrogen) atoms. The van der Waals surface area contributed by atoms with Crippen molar-refractivity contribution >= 4 is 11.6 Å². The number of aromatic nitrogens is 3. The molecule has 0 saturated carbocycles. The summed E-state index contributed by atoms with van der Waals surface area (Å²) in [5, 5.41) is 18.7. The number of halogens is 1. The van der Waals surface area contributed by atoms with Gasteiger partial charge in [0, 0.05) is 21.7 Å². The molecular formula is C23H12ClN5. The Bertz CT molecular complexity index is 1170. The van der Waals surface area contributed by atoms with Crippen LogP contribution in [-0.4, -0.2) is 15.0 Å². The minimum atomic E-state index is 0.494. The molecule has 0 atom stereocenters. The molecule has 0 aliphatic rings. The normalized spacial score (nSPS) is 10.2. The molecule has 0 bridgehead atoms. The summed E-state index contributed by atoms with van der Waals surface area (Å²) in [7, 11) is 0. The van der Waals surface area contributed by atoms with Crippen LogP contribution in [0.1, 0.15) is 11.1 Å². The van der Waals surface area contributed by atoms with E-state index in [1.807, 2.05) is 36.4 Å². The molecule has 136 valence electrons. The predicted molar refractivity (Wildman–Crippen MR) is 111 cm³/mol. The van der Waals surface area contributed by atoms with Gasteiger partial charge in [0.05, 0.1) is 23.3 Å². The first-order valence-corrected chi connectivity index (χ1v) is 9.07.